The molecule has 6 heteroatoms. The lowest BCUT2D eigenvalue weighted by molar-refractivity contribution is 0.412. The highest BCUT2D eigenvalue weighted by Gasteiger charge is 2.12. The van der Waals surface area contributed by atoms with Crippen molar-refractivity contribution in [1.82, 2.24) is 14.0 Å². The Morgan fingerprint density at radius 3 is 2.56 bits per heavy atom. The van der Waals surface area contributed by atoms with E-state index in [0.717, 1.165) is 5.56 Å². The van der Waals surface area contributed by atoms with Gasteiger partial charge in [-0.05, 0) is 24.3 Å². The zero-order valence-electron chi connectivity index (χ0n) is 13.4. The predicted molar refractivity (Wildman–Crippen MR) is 97.8 cm³/mol. The highest BCUT2D eigenvalue weighted by molar-refractivity contribution is 6.30. The molecule has 2 heterocycles. The summed E-state index contributed by atoms with van der Waals surface area (Å²) in [5.41, 5.74) is 2.42. The highest BCUT2D eigenvalue weighted by atomic mass is 35.5. The summed E-state index contributed by atoms with van der Waals surface area (Å²) in [6, 6.07) is 14.7. The number of aromatic nitrogens is 3. The monoisotopic (exact) mass is 351 g/mol. The van der Waals surface area contributed by atoms with Crippen LogP contribution in [0.4, 0.5) is 0 Å². The van der Waals surface area contributed by atoms with E-state index in [1.807, 2.05) is 42.6 Å². The van der Waals surface area contributed by atoms with Gasteiger partial charge in [-0.2, -0.15) is 0 Å². The second-order valence-corrected chi connectivity index (χ2v) is 5.95. The molecule has 5 nitrogen and oxygen atoms in total. The van der Waals surface area contributed by atoms with Crippen LogP contribution in [0.2, 0.25) is 5.02 Å². The average Bonchev–Trinajstić information content (AvgIpc) is 3.08. The molecule has 0 fully saturated rings. The van der Waals surface area contributed by atoms with Crippen molar-refractivity contribution in [3.8, 4) is 22.7 Å². The van der Waals surface area contributed by atoms with Crippen molar-refractivity contribution in [3.63, 3.8) is 0 Å². The topological polar surface area (TPSA) is 48.5 Å². The van der Waals surface area contributed by atoms with Crippen molar-refractivity contribution in [3.05, 3.63) is 82.5 Å². The number of hydrogen-bond donors (Lipinski definition) is 0. The minimum Gasteiger partial charge on any atom is -0.495 e. The van der Waals surface area contributed by atoms with Gasteiger partial charge < -0.3 is 9.14 Å². The molecular weight excluding hydrogens is 338 g/mol. The normalized spacial score (nSPS) is 11.0. The molecule has 124 valence electrons. The van der Waals surface area contributed by atoms with Gasteiger partial charge in [-0.25, -0.2) is 4.98 Å². The Hall–Kier alpha value is -3.05. The van der Waals surface area contributed by atoms with Crippen molar-refractivity contribution < 1.29 is 4.74 Å². The van der Waals surface area contributed by atoms with Crippen LogP contribution in [-0.2, 0) is 0 Å². The van der Waals surface area contributed by atoms with E-state index in [4.69, 9.17) is 16.3 Å². The minimum atomic E-state index is -0.216. The number of rotatable bonds is 3. The van der Waals surface area contributed by atoms with E-state index in [-0.39, 0.29) is 5.56 Å². The molecule has 0 saturated carbocycles. The summed E-state index contributed by atoms with van der Waals surface area (Å²) in [5, 5.41) is 0.658. The largest absolute Gasteiger partial charge is 0.495 e. The molecule has 0 atom stereocenters. The van der Waals surface area contributed by atoms with Crippen molar-refractivity contribution in [2.24, 2.45) is 0 Å². The standard InChI is InChI=1S/C19H14ClN3O2/c1-25-17-5-3-2-4-16(17)23-11-10-22-12-15(21-18(22)19(23)24)13-6-8-14(20)9-7-13/h2-12H,1H3. The molecular formula is C19H14ClN3O2. The first-order chi connectivity index (χ1) is 12.2. The Labute approximate surface area is 148 Å². The summed E-state index contributed by atoms with van der Waals surface area (Å²) in [4.78, 5) is 17.4. The summed E-state index contributed by atoms with van der Waals surface area (Å²) in [7, 11) is 1.58. The van der Waals surface area contributed by atoms with Gasteiger partial charge >= 0.3 is 0 Å². The number of nitrogens with zero attached hydrogens (tertiary/aromatic N) is 3. The Kier molecular flexibility index (Phi) is 3.78. The molecule has 0 bridgehead atoms. The second kappa shape index (κ2) is 6.11. The van der Waals surface area contributed by atoms with Crippen LogP contribution < -0.4 is 10.3 Å². The van der Waals surface area contributed by atoms with E-state index in [2.05, 4.69) is 4.98 Å². The lowest BCUT2D eigenvalue weighted by Crippen LogP contribution is -2.20. The van der Waals surface area contributed by atoms with Gasteiger partial charge in [0.2, 0.25) is 5.65 Å². The van der Waals surface area contributed by atoms with E-state index in [0.29, 0.717) is 27.8 Å². The van der Waals surface area contributed by atoms with Crippen molar-refractivity contribution in [2.75, 3.05) is 7.11 Å². The maximum absolute atomic E-state index is 12.9. The summed E-state index contributed by atoms with van der Waals surface area (Å²) in [5.74, 6) is 0.624. The van der Waals surface area contributed by atoms with Crippen LogP contribution in [0.15, 0.2) is 71.9 Å². The first kappa shape index (κ1) is 15.5. The van der Waals surface area contributed by atoms with Crippen molar-refractivity contribution in [2.45, 2.75) is 0 Å². The van der Waals surface area contributed by atoms with Crippen LogP contribution in [-0.4, -0.2) is 21.1 Å². The molecule has 4 rings (SSSR count). The fraction of sp³-hybridized carbons (Fsp3) is 0.0526. The van der Waals surface area contributed by atoms with Gasteiger partial charge in [-0.1, -0.05) is 35.9 Å². The summed E-state index contributed by atoms with van der Waals surface area (Å²) >= 11 is 5.93. The predicted octanol–water partition coefficient (Wildman–Crippen LogP) is 3.81. The van der Waals surface area contributed by atoms with Crippen LogP contribution in [0.5, 0.6) is 5.75 Å². The maximum atomic E-state index is 12.9. The molecule has 0 saturated heterocycles. The van der Waals surface area contributed by atoms with Crippen LogP contribution in [0.1, 0.15) is 0 Å². The van der Waals surface area contributed by atoms with Crippen molar-refractivity contribution in [1.29, 1.82) is 0 Å². The van der Waals surface area contributed by atoms with Gasteiger partial charge in [0.05, 0.1) is 18.5 Å². The highest BCUT2D eigenvalue weighted by Crippen LogP contribution is 2.22. The first-order valence-corrected chi connectivity index (χ1v) is 8.05. The van der Waals surface area contributed by atoms with Gasteiger partial charge in [0.1, 0.15) is 5.75 Å². The molecule has 0 spiro atoms. The number of ether oxygens (including phenoxy) is 1. The Morgan fingerprint density at radius 2 is 1.80 bits per heavy atom. The Morgan fingerprint density at radius 1 is 1.04 bits per heavy atom. The van der Waals surface area contributed by atoms with Gasteiger partial charge in [-0.3, -0.25) is 9.36 Å². The summed E-state index contributed by atoms with van der Waals surface area (Å²) in [6.45, 7) is 0. The van der Waals surface area contributed by atoms with E-state index in [1.54, 1.807) is 36.0 Å². The molecule has 0 aliphatic carbocycles. The molecule has 2 aromatic carbocycles. The first-order valence-electron chi connectivity index (χ1n) is 7.67. The minimum absolute atomic E-state index is 0.216. The third-order valence-electron chi connectivity index (χ3n) is 4.00. The van der Waals surface area contributed by atoms with E-state index in [1.165, 1.54) is 4.57 Å². The van der Waals surface area contributed by atoms with E-state index >= 15 is 0 Å². The maximum Gasteiger partial charge on any atom is 0.298 e. The zero-order chi connectivity index (χ0) is 17.4. The molecule has 4 aromatic rings. The van der Waals surface area contributed by atoms with E-state index in [9.17, 15) is 4.79 Å². The molecule has 2 aromatic heterocycles. The smallest absolute Gasteiger partial charge is 0.298 e. The summed E-state index contributed by atoms with van der Waals surface area (Å²) < 4.78 is 8.61. The fourth-order valence-electron chi connectivity index (χ4n) is 2.76. The molecule has 0 radical (unpaired) electrons. The number of hydrogen-bond acceptors (Lipinski definition) is 3. The van der Waals surface area contributed by atoms with Crippen LogP contribution in [0.3, 0.4) is 0 Å². The summed E-state index contributed by atoms with van der Waals surface area (Å²) in [6.07, 6.45) is 5.34. The molecule has 0 unspecified atom stereocenters. The number of para-hydroxylation sites is 2. The van der Waals surface area contributed by atoms with Crippen LogP contribution in [0.25, 0.3) is 22.6 Å². The number of methoxy groups -OCH3 is 1. The molecule has 0 aliphatic heterocycles. The van der Waals surface area contributed by atoms with Crippen LogP contribution in [0, 0.1) is 0 Å². The van der Waals surface area contributed by atoms with Crippen LogP contribution >= 0.6 is 11.6 Å². The third kappa shape index (κ3) is 2.68. The van der Waals surface area contributed by atoms with Gasteiger partial charge in [0.25, 0.3) is 5.56 Å². The quantitative estimate of drug-likeness (QED) is 0.564. The van der Waals surface area contributed by atoms with Crippen molar-refractivity contribution >= 4 is 17.2 Å². The van der Waals surface area contributed by atoms with Gasteiger partial charge in [0, 0.05) is 29.2 Å². The van der Waals surface area contributed by atoms with E-state index < -0.39 is 0 Å². The van der Waals surface area contributed by atoms with Gasteiger partial charge in [-0.15, -0.1) is 0 Å². The molecule has 0 N–H and O–H groups in total. The van der Waals surface area contributed by atoms with Gasteiger partial charge in [0.15, 0.2) is 0 Å². The number of halogens is 1. The zero-order valence-corrected chi connectivity index (χ0v) is 14.1. The average molecular weight is 352 g/mol. The molecule has 25 heavy (non-hydrogen) atoms. The third-order valence-corrected chi connectivity index (χ3v) is 4.26. The number of imidazole rings is 1. The lowest BCUT2D eigenvalue weighted by Gasteiger charge is -2.10. The fourth-order valence-corrected chi connectivity index (χ4v) is 2.88. The Balaban J connectivity index is 1.89. The Bertz CT molecular complexity index is 1110. The molecule has 0 aliphatic rings. The number of fused-ring (bicyclic) bond motifs is 1. The second-order valence-electron chi connectivity index (χ2n) is 5.51. The molecule has 0 amide bonds. The number of benzene rings is 2. The SMILES string of the molecule is COc1ccccc1-n1ccn2cc(-c3ccc(Cl)cc3)nc2c1=O. The lowest BCUT2D eigenvalue weighted by atomic mass is 10.2.